The minimum Gasteiger partial charge on any atom is -0.494 e. The predicted octanol–water partition coefficient (Wildman–Crippen LogP) is 4.25. The number of amides is 2. The van der Waals surface area contributed by atoms with E-state index in [0.717, 1.165) is 49.3 Å². The van der Waals surface area contributed by atoms with Gasteiger partial charge in [0.1, 0.15) is 34.7 Å². The fraction of sp³-hybridized carbons (Fsp3) is 0.394. The SMILES string of the molecule is COc1cc(C(=O)NCC(O)(c2cc3c(c(-c4ccc5c(c4)CCC5)n2)OC[C@]3(C)C(N)=O)C(F)(F)F)cc2cn(C3CC3)nc12. The van der Waals surface area contributed by atoms with E-state index in [9.17, 15) is 27.9 Å². The molecular weight excluding hydrogens is 603 g/mol. The van der Waals surface area contributed by atoms with Crippen LogP contribution >= 0.6 is 0 Å². The van der Waals surface area contributed by atoms with Crippen molar-refractivity contribution in [2.24, 2.45) is 5.73 Å². The maximum Gasteiger partial charge on any atom is 0.424 e. The number of methoxy groups -OCH3 is 1. The summed E-state index contributed by atoms with van der Waals surface area (Å²) in [5, 5.41) is 18.8. The average molecular weight is 636 g/mol. The van der Waals surface area contributed by atoms with Crippen LogP contribution in [0.15, 0.2) is 42.6 Å². The second-order valence-corrected chi connectivity index (χ2v) is 12.6. The highest BCUT2D eigenvalue weighted by atomic mass is 19.4. The molecule has 1 aliphatic heterocycles. The van der Waals surface area contributed by atoms with Crippen LogP contribution in [0.2, 0.25) is 0 Å². The summed E-state index contributed by atoms with van der Waals surface area (Å²) in [4.78, 5) is 30.2. The fourth-order valence-electron chi connectivity index (χ4n) is 6.29. The summed E-state index contributed by atoms with van der Waals surface area (Å²) in [6.45, 7) is 0.00484. The lowest BCUT2D eigenvalue weighted by Gasteiger charge is -2.31. The third kappa shape index (κ3) is 4.75. The zero-order valence-corrected chi connectivity index (χ0v) is 25.2. The molecule has 1 saturated carbocycles. The van der Waals surface area contributed by atoms with Crippen LogP contribution < -0.4 is 20.5 Å². The lowest BCUT2D eigenvalue weighted by molar-refractivity contribution is -0.265. The van der Waals surface area contributed by atoms with Gasteiger partial charge in [-0.3, -0.25) is 14.3 Å². The van der Waals surface area contributed by atoms with Gasteiger partial charge < -0.3 is 25.6 Å². The molecular formula is C33H32F3N5O5. The monoisotopic (exact) mass is 635 g/mol. The van der Waals surface area contributed by atoms with Crippen molar-refractivity contribution in [3.63, 3.8) is 0 Å². The van der Waals surface area contributed by atoms with Gasteiger partial charge in [0.25, 0.3) is 5.91 Å². The van der Waals surface area contributed by atoms with Gasteiger partial charge in [-0.25, -0.2) is 4.98 Å². The number of pyridine rings is 1. The second kappa shape index (κ2) is 10.4. The number of nitrogens with zero attached hydrogens (tertiary/aromatic N) is 3. The maximum absolute atomic E-state index is 14.9. The number of halogens is 3. The topological polar surface area (TPSA) is 142 Å². The minimum atomic E-state index is -5.29. The molecule has 0 saturated heterocycles. The highest BCUT2D eigenvalue weighted by Gasteiger charge is 2.57. The Balaban J connectivity index is 1.28. The van der Waals surface area contributed by atoms with Crippen LogP contribution in [0.5, 0.6) is 11.5 Å². The van der Waals surface area contributed by atoms with E-state index in [0.29, 0.717) is 16.5 Å². The number of carbonyl (C=O) groups is 2. The number of hydrogen-bond donors (Lipinski definition) is 3. The summed E-state index contributed by atoms with van der Waals surface area (Å²) in [5.41, 5.74) is 3.13. The minimum absolute atomic E-state index is 0.0275. The number of aromatic nitrogens is 3. The van der Waals surface area contributed by atoms with Gasteiger partial charge in [-0.15, -0.1) is 0 Å². The summed E-state index contributed by atoms with van der Waals surface area (Å²) in [7, 11) is 1.41. The lowest BCUT2D eigenvalue weighted by atomic mass is 9.81. The number of benzene rings is 2. The smallest absolute Gasteiger partial charge is 0.424 e. The molecule has 3 aliphatic rings. The maximum atomic E-state index is 14.9. The second-order valence-electron chi connectivity index (χ2n) is 12.6. The van der Waals surface area contributed by atoms with Crippen LogP contribution in [0.3, 0.4) is 0 Å². The van der Waals surface area contributed by atoms with Crippen molar-refractivity contribution in [2.75, 3.05) is 20.3 Å². The van der Waals surface area contributed by atoms with Crippen molar-refractivity contribution >= 4 is 22.7 Å². The molecule has 0 spiro atoms. The molecule has 2 aromatic heterocycles. The Kier molecular flexibility index (Phi) is 6.82. The highest BCUT2D eigenvalue weighted by Crippen LogP contribution is 2.48. The summed E-state index contributed by atoms with van der Waals surface area (Å²) in [6, 6.07) is 9.66. The number of alkyl halides is 3. The molecule has 3 heterocycles. The number of carbonyl (C=O) groups excluding carboxylic acids is 2. The molecule has 7 rings (SSSR count). The fourth-order valence-corrected chi connectivity index (χ4v) is 6.29. The zero-order valence-electron chi connectivity index (χ0n) is 25.2. The van der Waals surface area contributed by atoms with E-state index in [-0.39, 0.29) is 41.0 Å². The summed E-state index contributed by atoms with van der Waals surface area (Å²) in [6.07, 6.45) is 1.10. The van der Waals surface area contributed by atoms with Crippen LogP contribution in [0, 0.1) is 0 Å². The van der Waals surface area contributed by atoms with Crippen molar-refractivity contribution < 1.29 is 37.3 Å². The molecule has 4 N–H and O–H groups in total. The number of nitrogens with two attached hydrogens (primary N) is 1. The van der Waals surface area contributed by atoms with Crippen LogP contribution in [0.1, 0.15) is 65.0 Å². The van der Waals surface area contributed by atoms with Gasteiger partial charge in [-0.2, -0.15) is 18.3 Å². The number of aryl methyl sites for hydroxylation is 2. The predicted molar refractivity (Wildman–Crippen MR) is 161 cm³/mol. The van der Waals surface area contributed by atoms with Crippen molar-refractivity contribution in [2.45, 2.75) is 62.3 Å². The van der Waals surface area contributed by atoms with E-state index >= 15 is 0 Å². The van der Waals surface area contributed by atoms with Crippen molar-refractivity contribution in [1.29, 1.82) is 0 Å². The Morgan fingerprint density at radius 1 is 1.17 bits per heavy atom. The van der Waals surface area contributed by atoms with Crippen molar-refractivity contribution in [1.82, 2.24) is 20.1 Å². The molecule has 2 aromatic carbocycles. The number of hydrogen-bond acceptors (Lipinski definition) is 7. The number of rotatable bonds is 8. The van der Waals surface area contributed by atoms with Crippen molar-refractivity contribution in [3.05, 3.63) is 70.5 Å². The van der Waals surface area contributed by atoms with E-state index in [4.69, 9.17) is 15.2 Å². The molecule has 0 bridgehead atoms. The van der Waals surface area contributed by atoms with Gasteiger partial charge in [0.15, 0.2) is 0 Å². The molecule has 2 atom stereocenters. The normalized spacial score (nSPS) is 20.1. The first-order valence-electron chi connectivity index (χ1n) is 15.1. The number of ether oxygens (including phenoxy) is 2. The zero-order chi connectivity index (χ0) is 32.6. The molecule has 2 amide bonds. The van der Waals surface area contributed by atoms with Gasteiger partial charge in [-0.1, -0.05) is 12.1 Å². The molecule has 13 heteroatoms. The number of nitrogens with one attached hydrogen (secondary N) is 1. The first-order valence-corrected chi connectivity index (χ1v) is 15.1. The van der Waals surface area contributed by atoms with E-state index in [1.807, 2.05) is 12.1 Å². The van der Waals surface area contributed by atoms with E-state index in [2.05, 4.69) is 15.4 Å². The Hall–Kier alpha value is -4.65. The molecule has 10 nitrogen and oxygen atoms in total. The Morgan fingerprint density at radius 2 is 1.93 bits per heavy atom. The largest absolute Gasteiger partial charge is 0.494 e. The first-order chi connectivity index (χ1) is 21.8. The summed E-state index contributed by atoms with van der Waals surface area (Å²) < 4.78 is 57.7. The van der Waals surface area contributed by atoms with Crippen molar-refractivity contribution in [3.8, 4) is 22.8 Å². The van der Waals surface area contributed by atoms with E-state index in [1.54, 1.807) is 16.9 Å². The molecule has 1 fully saturated rings. The van der Waals surface area contributed by atoms with Gasteiger partial charge in [0, 0.05) is 28.3 Å². The molecule has 1 unspecified atom stereocenters. The molecule has 0 radical (unpaired) electrons. The third-order valence-corrected chi connectivity index (χ3v) is 9.38. The first kappa shape index (κ1) is 30.0. The number of aliphatic hydroxyl groups is 1. The average Bonchev–Trinajstić information content (AvgIpc) is 3.45. The number of fused-ring (bicyclic) bond motifs is 3. The van der Waals surface area contributed by atoms with Gasteiger partial charge >= 0.3 is 6.18 Å². The van der Waals surface area contributed by atoms with Gasteiger partial charge in [0.05, 0.1) is 25.4 Å². The Labute approximate surface area is 261 Å². The van der Waals surface area contributed by atoms with Crippen LogP contribution in [0.25, 0.3) is 22.2 Å². The van der Waals surface area contributed by atoms with Crippen LogP contribution in [-0.2, 0) is 28.7 Å². The molecule has 240 valence electrons. The lowest BCUT2D eigenvalue weighted by Crippen LogP contribution is -2.51. The highest BCUT2D eigenvalue weighted by molar-refractivity contribution is 6.00. The van der Waals surface area contributed by atoms with Crippen LogP contribution in [-0.4, -0.2) is 58.1 Å². The molecule has 46 heavy (non-hydrogen) atoms. The number of primary amides is 1. The summed E-state index contributed by atoms with van der Waals surface area (Å²) >= 11 is 0. The van der Waals surface area contributed by atoms with Gasteiger partial charge in [-0.05, 0) is 74.4 Å². The summed E-state index contributed by atoms with van der Waals surface area (Å²) in [5.74, 6) is -1.25. The Morgan fingerprint density at radius 3 is 2.63 bits per heavy atom. The standard InChI is InChI=1S/C33H32F3N5O5/c1-31(30(37)43)16-46-28-23(31)13-25(39-27(28)19-7-6-17-4-3-5-18(17)10-19)32(44,33(34,35)36)15-38-29(42)20-11-21-14-41(22-8-9-22)40-26(21)24(12-20)45-2/h6-7,10-14,22,44H,3-5,8-9,15-16H2,1-2H3,(H2,37,43)(H,38,42)/t31-,32?/m0/s1. The van der Waals surface area contributed by atoms with E-state index in [1.165, 1.54) is 26.2 Å². The molecule has 2 aliphatic carbocycles. The molecule has 4 aromatic rings. The van der Waals surface area contributed by atoms with Crippen LogP contribution in [0.4, 0.5) is 13.2 Å². The Bertz CT molecular complexity index is 1920. The van der Waals surface area contributed by atoms with Gasteiger partial charge in [0.2, 0.25) is 11.5 Å². The van der Waals surface area contributed by atoms with E-state index < -0.39 is 41.2 Å². The quantitative estimate of drug-likeness (QED) is 0.263. The third-order valence-electron chi connectivity index (χ3n) is 9.38.